The van der Waals surface area contributed by atoms with E-state index in [9.17, 15) is 4.79 Å². The average Bonchev–Trinajstić information content (AvgIpc) is 2.62. The van der Waals surface area contributed by atoms with Gasteiger partial charge in [-0.1, -0.05) is 30.3 Å². The molecule has 3 rings (SSSR count). The van der Waals surface area contributed by atoms with Crippen molar-refractivity contribution in [2.75, 3.05) is 46.3 Å². The Morgan fingerprint density at radius 2 is 1.50 bits per heavy atom. The molecule has 0 unspecified atom stereocenters. The third kappa shape index (κ3) is 6.25. The van der Waals surface area contributed by atoms with Gasteiger partial charge in [0, 0.05) is 32.2 Å². The van der Waals surface area contributed by atoms with Crippen molar-refractivity contribution in [3.8, 4) is 0 Å². The zero-order valence-corrected chi connectivity index (χ0v) is 17.7. The molecular formula is C18H31Cl3N4O. The van der Waals surface area contributed by atoms with E-state index in [2.05, 4.69) is 16.8 Å². The van der Waals surface area contributed by atoms with Gasteiger partial charge in [0.15, 0.2) is 0 Å². The molecule has 1 aromatic carbocycles. The van der Waals surface area contributed by atoms with Crippen LogP contribution in [0.1, 0.15) is 24.4 Å². The van der Waals surface area contributed by atoms with Crippen LogP contribution in [0.5, 0.6) is 0 Å². The molecule has 0 bridgehead atoms. The van der Waals surface area contributed by atoms with Crippen molar-refractivity contribution in [1.82, 2.24) is 14.7 Å². The molecule has 150 valence electrons. The summed E-state index contributed by atoms with van der Waals surface area (Å²) in [5.41, 5.74) is 7.05. The Kier molecular flexibility index (Phi) is 11.7. The van der Waals surface area contributed by atoms with E-state index in [0.717, 1.165) is 31.7 Å². The molecule has 0 spiro atoms. The number of amides is 1. The number of hydrogen-bond donors (Lipinski definition) is 1. The number of halogens is 3. The van der Waals surface area contributed by atoms with Crippen LogP contribution in [0.25, 0.3) is 0 Å². The number of rotatable bonds is 3. The van der Waals surface area contributed by atoms with Crippen LogP contribution >= 0.6 is 37.2 Å². The summed E-state index contributed by atoms with van der Waals surface area (Å²) in [7, 11) is 2.19. The maximum Gasteiger partial charge on any atom is 0.244 e. The number of benzene rings is 1. The number of piperazine rings is 1. The first-order chi connectivity index (χ1) is 11.1. The van der Waals surface area contributed by atoms with Gasteiger partial charge in [-0.3, -0.25) is 9.69 Å². The third-order valence-corrected chi connectivity index (χ3v) is 5.26. The lowest BCUT2D eigenvalue weighted by Gasteiger charge is -2.42. The van der Waals surface area contributed by atoms with Gasteiger partial charge in [0.05, 0.1) is 0 Å². The summed E-state index contributed by atoms with van der Waals surface area (Å²) in [6.45, 7) is 5.91. The Labute approximate surface area is 175 Å². The van der Waals surface area contributed by atoms with Crippen LogP contribution in [-0.4, -0.2) is 73.0 Å². The van der Waals surface area contributed by atoms with Crippen molar-refractivity contribution in [1.29, 1.82) is 0 Å². The Hall–Kier alpha value is -0.560. The number of nitrogens with zero attached hydrogens (tertiary/aromatic N) is 3. The van der Waals surface area contributed by atoms with E-state index in [4.69, 9.17) is 5.73 Å². The second-order valence-electron chi connectivity index (χ2n) is 6.78. The zero-order chi connectivity index (χ0) is 16.2. The van der Waals surface area contributed by atoms with Crippen molar-refractivity contribution in [2.24, 2.45) is 5.73 Å². The van der Waals surface area contributed by atoms with Gasteiger partial charge in [-0.15, -0.1) is 37.2 Å². The highest BCUT2D eigenvalue weighted by atomic mass is 35.5. The predicted octanol–water partition coefficient (Wildman–Crippen LogP) is 2.19. The van der Waals surface area contributed by atoms with E-state index in [0.29, 0.717) is 6.04 Å². The van der Waals surface area contributed by atoms with E-state index in [1.165, 1.54) is 25.9 Å². The zero-order valence-electron chi connectivity index (χ0n) is 15.3. The quantitative estimate of drug-likeness (QED) is 0.803. The standard InChI is InChI=1S/C18H28N4O.3ClH/c1-20-9-7-16(8-10-20)21-11-13-22(14-12-21)18(23)17(19)15-5-3-2-4-6-15;;;/h2-6,16-17H,7-14,19H2,1H3;3*1H/t17-;;;/m1.../s1/i18+2;;;. The van der Waals surface area contributed by atoms with E-state index < -0.39 is 6.04 Å². The van der Waals surface area contributed by atoms with Gasteiger partial charge in [-0.05, 0) is 38.5 Å². The second-order valence-corrected chi connectivity index (χ2v) is 6.78. The molecule has 1 atom stereocenters. The smallest absolute Gasteiger partial charge is 0.244 e. The van der Waals surface area contributed by atoms with Crippen LogP contribution in [0.3, 0.4) is 0 Å². The number of hydrogen-bond acceptors (Lipinski definition) is 4. The molecule has 2 aliphatic rings. The minimum Gasteiger partial charge on any atom is -0.338 e. The van der Waals surface area contributed by atoms with Crippen molar-refractivity contribution >= 4 is 43.1 Å². The number of piperidine rings is 1. The lowest BCUT2D eigenvalue weighted by molar-refractivity contribution is -0.135. The first-order valence-corrected chi connectivity index (χ1v) is 8.67. The summed E-state index contributed by atoms with van der Waals surface area (Å²) in [5, 5.41) is 0. The summed E-state index contributed by atoms with van der Waals surface area (Å²) < 4.78 is 0. The van der Waals surface area contributed by atoms with Crippen LogP contribution in [0, 0.1) is 0 Å². The molecule has 0 radical (unpaired) electrons. The molecule has 2 N–H and O–H groups in total. The maximum atomic E-state index is 12.6. The number of likely N-dealkylation sites (tertiary alicyclic amines) is 1. The average molecular weight is 428 g/mol. The van der Waals surface area contributed by atoms with Gasteiger partial charge < -0.3 is 15.5 Å². The van der Waals surface area contributed by atoms with Gasteiger partial charge in [-0.2, -0.15) is 0 Å². The topological polar surface area (TPSA) is 52.8 Å². The van der Waals surface area contributed by atoms with E-state index in [-0.39, 0.29) is 43.1 Å². The Bertz CT molecular complexity index is 518. The SMILES string of the molecule is CN1CCC(N2CCN([14C](=O)[C@H](N)c3ccccc3)CC2)CC1.Cl.Cl.Cl. The van der Waals surface area contributed by atoms with Crippen molar-refractivity contribution in [3.05, 3.63) is 35.9 Å². The molecule has 0 aliphatic carbocycles. The fourth-order valence-electron chi connectivity index (χ4n) is 3.67. The first-order valence-electron chi connectivity index (χ1n) is 8.67. The van der Waals surface area contributed by atoms with Crippen LogP contribution in [0.2, 0.25) is 0 Å². The molecule has 1 amide bonds. The molecule has 2 saturated heterocycles. The van der Waals surface area contributed by atoms with E-state index in [1.807, 2.05) is 35.2 Å². The van der Waals surface area contributed by atoms with Gasteiger partial charge in [0.25, 0.3) is 0 Å². The number of carbonyl (C=O) groups excluding carboxylic acids is 1. The van der Waals surface area contributed by atoms with Gasteiger partial charge >= 0.3 is 0 Å². The minimum absolute atomic E-state index is 0. The van der Waals surface area contributed by atoms with Gasteiger partial charge in [0.2, 0.25) is 5.91 Å². The third-order valence-electron chi connectivity index (χ3n) is 5.26. The number of carbonyl (C=O) groups is 1. The first kappa shape index (κ1) is 25.4. The highest BCUT2D eigenvalue weighted by Gasteiger charge is 2.30. The van der Waals surface area contributed by atoms with Crippen molar-refractivity contribution < 1.29 is 4.79 Å². The van der Waals surface area contributed by atoms with Gasteiger partial charge in [-0.25, -0.2) is 0 Å². The minimum atomic E-state index is -0.536. The van der Waals surface area contributed by atoms with E-state index in [1.54, 1.807) is 0 Å². The Morgan fingerprint density at radius 3 is 2.04 bits per heavy atom. The normalized spacial score (nSPS) is 20.3. The van der Waals surface area contributed by atoms with Crippen LogP contribution < -0.4 is 5.73 Å². The maximum absolute atomic E-state index is 12.6. The molecule has 8 heteroatoms. The fourth-order valence-corrected chi connectivity index (χ4v) is 3.67. The molecule has 0 aromatic heterocycles. The summed E-state index contributed by atoms with van der Waals surface area (Å²) in [5.74, 6) is 0.0548. The fraction of sp³-hybridized carbons (Fsp3) is 0.611. The molecule has 26 heavy (non-hydrogen) atoms. The molecule has 2 aliphatic heterocycles. The molecule has 2 heterocycles. The summed E-state index contributed by atoms with van der Waals surface area (Å²) >= 11 is 0. The summed E-state index contributed by atoms with van der Waals surface area (Å²) in [6, 6.07) is 9.81. The predicted molar refractivity (Wildman–Crippen MR) is 114 cm³/mol. The molecule has 2 fully saturated rings. The molecular weight excluding hydrogens is 397 g/mol. The highest BCUT2D eigenvalue weighted by Crippen LogP contribution is 2.19. The van der Waals surface area contributed by atoms with Crippen LogP contribution in [0.15, 0.2) is 30.3 Å². The summed E-state index contributed by atoms with van der Waals surface area (Å²) in [6.07, 6.45) is 2.49. The lowest BCUT2D eigenvalue weighted by atomic mass is 10.0. The van der Waals surface area contributed by atoms with Crippen molar-refractivity contribution in [3.63, 3.8) is 0 Å². The van der Waals surface area contributed by atoms with Gasteiger partial charge in [0.1, 0.15) is 6.04 Å². The Balaban J connectivity index is 0.00000208. The highest BCUT2D eigenvalue weighted by molar-refractivity contribution is 5.86. The van der Waals surface area contributed by atoms with Crippen LogP contribution in [0.4, 0.5) is 0 Å². The second kappa shape index (κ2) is 12.0. The molecule has 0 saturated carbocycles. The monoisotopic (exact) mass is 426 g/mol. The van der Waals surface area contributed by atoms with E-state index >= 15 is 0 Å². The van der Waals surface area contributed by atoms with Crippen LogP contribution in [-0.2, 0) is 4.79 Å². The lowest BCUT2D eigenvalue weighted by Crippen LogP contribution is -2.55. The largest absolute Gasteiger partial charge is 0.338 e. The number of nitrogens with two attached hydrogens (primary N) is 1. The molecule has 1 aromatic rings. The molecule has 5 nitrogen and oxygen atoms in total. The Morgan fingerprint density at radius 1 is 0.962 bits per heavy atom. The summed E-state index contributed by atoms with van der Waals surface area (Å²) in [4.78, 5) is 19.5. The van der Waals surface area contributed by atoms with Crippen molar-refractivity contribution in [2.45, 2.75) is 24.9 Å².